The molecule has 0 spiro atoms. The van der Waals surface area contributed by atoms with Crippen molar-refractivity contribution in [3.05, 3.63) is 30.0 Å². The number of hydrogen-bond acceptors (Lipinski definition) is 8. The van der Waals surface area contributed by atoms with Crippen LogP contribution < -0.4 is 15.4 Å². The van der Waals surface area contributed by atoms with Gasteiger partial charge >= 0.3 is 6.09 Å². The van der Waals surface area contributed by atoms with Gasteiger partial charge in [0, 0.05) is 34.6 Å². The van der Waals surface area contributed by atoms with Crippen LogP contribution >= 0.6 is 12.1 Å². The molecule has 1 aliphatic heterocycles. The fourth-order valence-electron chi connectivity index (χ4n) is 6.82. The molecule has 13 heteroatoms. The molecule has 0 radical (unpaired) electrons. The summed E-state index contributed by atoms with van der Waals surface area (Å²) in [7, 11) is 5.80. The minimum atomic E-state index is -0.628. The summed E-state index contributed by atoms with van der Waals surface area (Å²) in [4.78, 5) is 53.1. The van der Waals surface area contributed by atoms with Crippen LogP contribution in [-0.4, -0.2) is 90.4 Å². The third-order valence-electron chi connectivity index (χ3n) is 9.42. The molecule has 2 heterocycles. The van der Waals surface area contributed by atoms with Crippen LogP contribution in [0.4, 0.5) is 14.9 Å². The van der Waals surface area contributed by atoms with Gasteiger partial charge in [0.05, 0.1) is 12.1 Å². The van der Waals surface area contributed by atoms with Crippen LogP contribution in [0.1, 0.15) is 102 Å². The fraction of sp³-hybridized carbons (Fsp3) is 0.676. The summed E-state index contributed by atoms with van der Waals surface area (Å²) in [6.07, 6.45) is 10.6. The van der Waals surface area contributed by atoms with E-state index in [-0.39, 0.29) is 23.8 Å². The molecule has 4 rings (SSSR count). The van der Waals surface area contributed by atoms with Gasteiger partial charge in [0.25, 0.3) is 5.91 Å². The number of ether oxygens (including phenoxy) is 1. The molecule has 1 saturated heterocycles. The summed E-state index contributed by atoms with van der Waals surface area (Å²) in [5, 5.41) is 6.56. The van der Waals surface area contributed by atoms with E-state index in [1.165, 1.54) is 44.2 Å². The highest BCUT2D eigenvalue weighted by Crippen LogP contribution is 2.38. The van der Waals surface area contributed by atoms with E-state index in [0.29, 0.717) is 30.4 Å². The second kappa shape index (κ2) is 20.0. The number of aldehydes is 1. The van der Waals surface area contributed by atoms with Gasteiger partial charge in [-0.3, -0.25) is 19.2 Å². The van der Waals surface area contributed by atoms with E-state index in [4.69, 9.17) is 4.74 Å². The SMILES string of the molecule is CCC(C=O)CCCC(CF)NC(=O)OC(C)(C)C.CN(C)SNC(=O)c1cc2cc(NC(=O)C3C(C4CCCCC4)CCN3C)ccc2[nH]1. The number of amides is 3. The summed E-state index contributed by atoms with van der Waals surface area (Å²) in [6, 6.07) is 6.97. The number of nitrogens with zero attached hydrogens (tertiary/aromatic N) is 2. The van der Waals surface area contributed by atoms with Gasteiger partial charge in [0.1, 0.15) is 24.3 Å². The van der Waals surface area contributed by atoms with Gasteiger partial charge in [0.2, 0.25) is 5.91 Å². The number of anilines is 1. The van der Waals surface area contributed by atoms with Gasteiger partial charge in [-0.25, -0.2) is 13.5 Å². The number of benzene rings is 1. The van der Waals surface area contributed by atoms with Crippen LogP contribution in [0, 0.1) is 17.8 Å². The number of halogens is 1. The van der Waals surface area contributed by atoms with E-state index in [9.17, 15) is 23.6 Å². The maximum Gasteiger partial charge on any atom is 0.407 e. The van der Waals surface area contributed by atoms with Gasteiger partial charge < -0.3 is 25.1 Å². The van der Waals surface area contributed by atoms with Gasteiger partial charge in [0.15, 0.2) is 0 Å². The first kappa shape index (κ1) is 41.3. The molecule has 4 atom stereocenters. The molecule has 1 aromatic carbocycles. The van der Waals surface area contributed by atoms with Crippen molar-refractivity contribution in [2.24, 2.45) is 17.8 Å². The number of fused-ring (bicyclic) bond motifs is 1. The zero-order chi connectivity index (χ0) is 36.8. The predicted molar refractivity (Wildman–Crippen MR) is 200 cm³/mol. The van der Waals surface area contributed by atoms with Gasteiger partial charge in [-0.05, 0) is 110 Å². The third kappa shape index (κ3) is 13.2. The average molecular weight is 719 g/mol. The van der Waals surface area contributed by atoms with E-state index < -0.39 is 24.4 Å². The first-order valence-corrected chi connectivity index (χ1v) is 18.8. The first-order valence-electron chi connectivity index (χ1n) is 18.0. The van der Waals surface area contributed by atoms with E-state index in [1.807, 2.05) is 49.6 Å². The van der Waals surface area contributed by atoms with Crippen LogP contribution in [-0.2, 0) is 14.3 Å². The normalized spacial score (nSPS) is 19.7. The largest absolute Gasteiger partial charge is 0.444 e. The topological polar surface area (TPSA) is 136 Å². The Kier molecular flexibility index (Phi) is 16.5. The molecule has 0 bridgehead atoms. The average Bonchev–Trinajstić information content (AvgIpc) is 3.68. The van der Waals surface area contributed by atoms with Crippen molar-refractivity contribution >= 4 is 52.9 Å². The highest BCUT2D eigenvalue weighted by Gasteiger charge is 2.41. The number of rotatable bonds is 14. The minimum Gasteiger partial charge on any atom is -0.444 e. The molecule has 2 aromatic rings. The maximum atomic E-state index is 13.2. The quantitative estimate of drug-likeness (QED) is 0.120. The van der Waals surface area contributed by atoms with Crippen molar-refractivity contribution in [3.8, 4) is 0 Å². The number of nitrogens with one attached hydrogen (secondary N) is 4. The Morgan fingerprint density at radius 1 is 1.12 bits per heavy atom. The number of likely N-dealkylation sites (N-methyl/N-ethyl adjacent to an activating group) is 1. The van der Waals surface area contributed by atoms with Crippen LogP contribution in [0.3, 0.4) is 0 Å². The van der Waals surface area contributed by atoms with Crippen molar-refractivity contribution in [3.63, 3.8) is 0 Å². The Hall–Kier alpha value is -3.16. The smallest absolute Gasteiger partial charge is 0.407 e. The number of alkyl carbamates (subject to hydrolysis) is 1. The number of aromatic nitrogens is 1. The Balaban J connectivity index is 0.000000308. The fourth-order valence-corrected chi connectivity index (χ4v) is 7.20. The standard InChI is InChI=1S/C23H33N5O2S.C14H26FNO3/c1-27(2)31-26-22(29)20-14-16-13-17(9-10-19(16)25-20)24-23(30)21-18(11-12-28(21)3)15-7-5-4-6-8-15;1-5-11(10-17)7-6-8-12(9-15)16-13(18)19-14(2,3)4/h9-10,13-15,18,21,25H,4-8,11-12H2,1-3H3,(H,24,30)(H,26,29);10-12H,5-9H2,1-4H3,(H,16,18). The number of aromatic amines is 1. The molecule has 1 saturated carbocycles. The highest BCUT2D eigenvalue weighted by molar-refractivity contribution is 7.95. The molecule has 50 heavy (non-hydrogen) atoms. The molecule has 3 amide bonds. The maximum absolute atomic E-state index is 13.2. The minimum absolute atomic E-state index is 0.0294. The van der Waals surface area contributed by atoms with Crippen LogP contribution in [0.2, 0.25) is 0 Å². The van der Waals surface area contributed by atoms with Crippen molar-refractivity contribution < 1.29 is 28.3 Å². The molecule has 11 nitrogen and oxygen atoms in total. The lowest BCUT2D eigenvalue weighted by molar-refractivity contribution is -0.121. The Morgan fingerprint density at radius 3 is 2.46 bits per heavy atom. The number of hydrogen-bond donors (Lipinski definition) is 4. The number of carbonyl (C=O) groups is 4. The Morgan fingerprint density at radius 2 is 1.84 bits per heavy atom. The molecule has 4 N–H and O–H groups in total. The van der Waals surface area contributed by atoms with E-state index >= 15 is 0 Å². The second-order valence-corrected chi connectivity index (χ2v) is 15.9. The van der Waals surface area contributed by atoms with Crippen molar-refractivity contribution in [2.75, 3.05) is 39.7 Å². The summed E-state index contributed by atoms with van der Waals surface area (Å²) >= 11 is 1.23. The van der Waals surface area contributed by atoms with Gasteiger partial charge in [-0.15, -0.1) is 0 Å². The molecule has 1 aromatic heterocycles. The zero-order valence-electron chi connectivity index (χ0n) is 31.0. The summed E-state index contributed by atoms with van der Waals surface area (Å²) in [5.74, 6) is 1.06. The first-order chi connectivity index (χ1) is 23.7. The van der Waals surface area contributed by atoms with Crippen molar-refractivity contribution in [1.82, 2.24) is 24.2 Å². The van der Waals surface area contributed by atoms with Crippen LogP contribution in [0.15, 0.2) is 24.3 Å². The molecule has 1 aliphatic carbocycles. The third-order valence-corrected chi connectivity index (χ3v) is 10.1. The second-order valence-electron chi connectivity index (χ2n) is 14.8. The number of likely N-dealkylation sites (tertiary alicyclic amines) is 1. The summed E-state index contributed by atoms with van der Waals surface area (Å²) in [6.45, 7) is 7.58. The molecular weight excluding hydrogens is 660 g/mol. The summed E-state index contributed by atoms with van der Waals surface area (Å²) < 4.78 is 22.5. The Bertz CT molecular complexity index is 1390. The molecule has 2 aliphatic rings. The molecular formula is C37H59FN6O5S. The Labute approximate surface area is 301 Å². The molecule has 280 valence electrons. The van der Waals surface area contributed by atoms with Gasteiger partial charge in [-0.2, -0.15) is 0 Å². The van der Waals surface area contributed by atoms with E-state index in [1.54, 1.807) is 20.8 Å². The van der Waals surface area contributed by atoms with E-state index in [0.717, 1.165) is 48.7 Å². The lowest BCUT2D eigenvalue weighted by Crippen LogP contribution is -2.43. The molecule has 4 unspecified atom stereocenters. The van der Waals surface area contributed by atoms with Crippen molar-refractivity contribution in [1.29, 1.82) is 0 Å². The predicted octanol–water partition coefficient (Wildman–Crippen LogP) is 7.11. The monoisotopic (exact) mass is 718 g/mol. The number of alkyl halides is 1. The molecule has 2 fully saturated rings. The number of H-pyrrole nitrogens is 1. The van der Waals surface area contributed by atoms with Crippen LogP contribution in [0.25, 0.3) is 10.9 Å². The zero-order valence-corrected chi connectivity index (χ0v) is 31.8. The van der Waals surface area contributed by atoms with Gasteiger partial charge in [-0.1, -0.05) is 45.4 Å². The van der Waals surface area contributed by atoms with E-state index in [2.05, 4.69) is 32.3 Å². The lowest BCUT2D eigenvalue weighted by atomic mass is 9.76. The number of carbonyl (C=O) groups excluding carboxylic acids is 4. The van der Waals surface area contributed by atoms with Crippen molar-refractivity contribution in [2.45, 2.75) is 110 Å². The highest BCUT2D eigenvalue weighted by atomic mass is 32.2. The lowest BCUT2D eigenvalue weighted by Gasteiger charge is -2.32. The van der Waals surface area contributed by atoms with Crippen LogP contribution in [0.5, 0.6) is 0 Å². The summed E-state index contributed by atoms with van der Waals surface area (Å²) in [5.41, 5.74) is 1.56.